The van der Waals surface area contributed by atoms with Crippen LogP contribution >= 0.6 is 45.2 Å². The average molecular weight is 554 g/mol. The van der Waals surface area contributed by atoms with E-state index in [0.717, 1.165) is 24.3 Å². The van der Waals surface area contributed by atoms with Gasteiger partial charge >= 0.3 is 0 Å². The molecule has 0 fully saturated rings. The minimum Gasteiger partial charge on any atom is -0.494 e. The maximum atomic E-state index is 8.11. The van der Waals surface area contributed by atoms with Crippen molar-refractivity contribution >= 4 is 45.2 Å². The summed E-state index contributed by atoms with van der Waals surface area (Å²) in [5.41, 5.74) is 15.4. The van der Waals surface area contributed by atoms with Crippen LogP contribution in [0.4, 0.5) is 0 Å². The van der Waals surface area contributed by atoms with E-state index in [2.05, 4.69) is 65.2 Å². The van der Waals surface area contributed by atoms with Crippen LogP contribution in [0.1, 0.15) is 11.1 Å². The standard InChI is InChI=1S/C7H7IN4O.C7H9IN2O/c1-13-6-2-5(4-11-12-9)3-10-7(6)8;1-11-6-2-5(3-9)4-10-7(6)8/h2-3H,4H2,1H3;2,4H,3,9H2,1H3. The summed E-state index contributed by atoms with van der Waals surface area (Å²) >= 11 is 4.19. The zero-order valence-electron chi connectivity index (χ0n) is 13.1. The highest BCUT2D eigenvalue weighted by atomic mass is 127. The number of hydrogen-bond donors (Lipinski definition) is 1. The molecular formula is C14H16I2N6O2. The number of ether oxygens (including phenoxy) is 2. The molecule has 0 saturated carbocycles. The van der Waals surface area contributed by atoms with E-state index in [1.165, 1.54) is 0 Å². The molecule has 2 heterocycles. The third kappa shape index (κ3) is 6.63. The van der Waals surface area contributed by atoms with Gasteiger partial charge in [0.2, 0.25) is 0 Å². The fraction of sp³-hybridized carbons (Fsp3) is 0.286. The lowest BCUT2D eigenvalue weighted by Gasteiger charge is -2.03. The van der Waals surface area contributed by atoms with Crippen LogP contribution in [0.5, 0.6) is 11.5 Å². The lowest BCUT2D eigenvalue weighted by atomic mass is 10.3. The van der Waals surface area contributed by atoms with Gasteiger partial charge in [-0.3, -0.25) is 0 Å². The summed E-state index contributed by atoms with van der Waals surface area (Å²) in [4.78, 5) is 10.8. The van der Waals surface area contributed by atoms with Crippen LogP contribution in [0.3, 0.4) is 0 Å². The number of azide groups is 1. The fourth-order valence-corrected chi connectivity index (χ4v) is 2.56. The van der Waals surface area contributed by atoms with E-state index in [1.54, 1.807) is 26.6 Å². The summed E-state index contributed by atoms with van der Waals surface area (Å²) in [7, 11) is 3.20. The van der Waals surface area contributed by atoms with Gasteiger partial charge in [-0.2, -0.15) is 0 Å². The molecule has 2 aromatic heterocycles. The van der Waals surface area contributed by atoms with Crippen molar-refractivity contribution in [1.82, 2.24) is 9.97 Å². The van der Waals surface area contributed by atoms with Crippen LogP contribution in [0.15, 0.2) is 29.6 Å². The van der Waals surface area contributed by atoms with E-state index in [1.807, 2.05) is 12.1 Å². The number of halogens is 2. The van der Waals surface area contributed by atoms with Gasteiger partial charge in [0.25, 0.3) is 0 Å². The highest BCUT2D eigenvalue weighted by Crippen LogP contribution is 2.19. The van der Waals surface area contributed by atoms with Crippen molar-refractivity contribution in [3.8, 4) is 11.5 Å². The normalized spacial score (nSPS) is 9.38. The van der Waals surface area contributed by atoms with Crippen LogP contribution in [-0.2, 0) is 13.1 Å². The van der Waals surface area contributed by atoms with Crippen molar-refractivity contribution < 1.29 is 9.47 Å². The molecule has 2 rings (SSSR count). The molecule has 2 aromatic rings. The summed E-state index contributed by atoms with van der Waals surface area (Å²) in [6.07, 6.45) is 3.42. The Kier molecular flexibility index (Phi) is 9.67. The second-order valence-corrected chi connectivity index (χ2v) is 6.31. The zero-order valence-corrected chi connectivity index (χ0v) is 17.4. The maximum absolute atomic E-state index is 8.11. The van der Waals surface area contributed by atoms with Gasteiger partial charge < -0.3 is 15.2 Å². The second-order valence-electron chi connectivity index (χ2n) is 4.27. The van der Waals surface area contributed by atoms with Gasteiger partial charge in [-0.05, 0) is 74.0 Å². The monoisotopic (exact) mass is 554 g/mol. The molecule has 0 radical (unpaired) electrons. The Morgan fingerprint density at radius 3 is 2.04 bits per heavy atom. The molecule has 0 bridgehead atoms. The quantitative estimate of drug-likeness (QED) is 0.199. The molecule has 0 aliphatic heterocycles. The number of rotatable bonds is 5. The van der Waals surface area contributed by atoms with Gasteiger partial charge in [-0.1, -0.05) is 5.11 Å². The van der Waals surface area contributed by atoms with E-state index >= 15 is 0 Å². The molecule has 24 heavy (non-hydrogen) atoms. The molecule has 0 saturated heterocycles. The molecule has 8 nitrogen and oxygen atoms in total. The highest BCUT2D eigenvalue weighted by molar-refractivity contribution is 14.1. The van der Waals surface area contributed by atoms with Crippen molar-refractivity contribution in [2.75, 3.05) is 14.2 Å². The summed E-state index contributed by atoms with van der Waals surface area (Å²) in [6, 6.07) is 3.71. The summed E-state index contributed by atoms with van der Waals surface area (Å²) in [5.74, 6) is 1.49. The molecule has 128 valence electrons. The Hall–Kier alpha value is -1.37. The van der Waals surface area contributed by atoms with E-state index in [0.29, 0.717) is 18.8 Å². The van der Waals surface area contributed by atoms with E-state index in [-0.39, 0.29) is 0 Å². The van der Waals surface area contributed by atoms with Crippen LogP contribution in [-0.4, -0.2) is 24.2 Å². The van der Waals surface area contributed by atoms with Gasteiger partial charge in [0.1, 0.15) is 7.40 Å². The Morgan fingerprint density at radius 2 is 1.58 bits per heavy atom. The third-order valence-electron chi connectivity index (χ3n) is 2.72. The van der Waals surface area contributed by atoms with Gasteiger partial charge in [-0.25, -0.2) is 9.97 Å². The molecule has 2 N–H and O–H groups in total. The SMILES string of the molecule is COc1cc(CN)cnc1I.COc1cc(CN=[N+]=[N-])cnc1I. The molecule has 0 aliphatic carbocycles. The first kappa shape index (κ1) is 20.7. The third-order valence-corrected chi connectivity index (χ3v) is 4.34. The second kappa shape index (κ2) is 11.2. The molecule has 0 unspecified atom stereocenters. The van der Waals surface area contributed by atoms with Crippen LogP contribution in [0.2, 0.25) is 0 Å². The smallest absolute Gasteiger partial charge is 0.151 e. The minimum atomic E-state index is 0.302. The summed E-state index contributed by atoms with van der Waals surface area (Å²) in [5, 5.41) is 3.43. The Labute approximate surface area is 167 Å². The largest absolute Gasteiger partial charge is 0.494 e. The molecule has 0 spiro atoms. The minimum absolute atomic E-state index is 0.302. The predicted molar refractivity (Wildman–Crippen MR) is 108 cm³/mol. The van der Waals surface area contributed by atoms with Crippen molar-refractivity contribution in [3.63, 3.8) is 0 Å². The first-order valence-corrected chi connectivity index (χ1v) is 8.79. The number of nitrogens with two attached hydrogens (primary N) is 1. The summed E-state index contributed by atoms with van der Waals surface area (Å²) < 4.78 is 11.8. The Balaban J connectivity index is 0.000000243. The lowest BCUT2D eigenvalue weighted by Crippen LogP contribution is -1.99. The number of hydrogen-bond acceptors (Lipinski definition) is 6. The first-order chi connectivity index (χ1) is 11.5. The van der Waals surface area contributed by atoms with Crippen molar-refractivity contribution in [2.45, 2.75) is 13.1 Å². The average Bonchev–Trinajstić information content (AvgIpc) is 2.62. The van der Waals surface area contributed by atoms with Gasteiger partial charge in [-0.15, -0.1) is 0 Å². The van der Waals surface area contributed by atoms with Crippen molar-refractivity contribution in [3.05, 3.63) is 53.5 Å². The number of methoxy groups -OCH3 is 2. The molecule has 0 aliphatic rings. The van der Waals surface area contributed by atoms with Crippen LogP contribution in [0, 0.1) is 7.40 Å². The molecular weight excluding hydrogens is 538 g/mol. The molecule has 10 heteroatoms. The lowest BCUT2D eigenvalue weighted by molar-refractivity contribution is 0.408. The Bertz CT molecular complexity index is 722. The fourth-order valence-electron chi connectivity index (χ4n) is 1.53. The molecule has 0 aromatic carbocycles. The van der Waals surface area contributed by atoms with Crippen LogP contribution < -0.4 is 15.2 Å². The topological polar surface area (TPSA) is 119 Å². The number of pyridine rings is 2. The predicted octanol–water partition coefficient (Wildman–Crippen LogP) is 3.66. The van der Waals surface area contributed by atoms with Crippen molar-refractivity contribution in [1.29, 1.82) is 0 Å². The van der Waals surface area contributed by atoms with E-state index < -0.39 is 0 Å². The number of aromatic nitrogens is 2. The number of nitrogens with zero attached hydrogens (tertiary/aromatic N) is 5. The van der Waals surface area contributed by atoms with Gasteiger partial charge in [0, 0.05) is 23.9 Å². The maximum Gasteiger partial charge on any atom is 0.151 e. The first-order valence-electron chi connectivity index (χ1n) is 6.63. The van der Waals surface area contributed by atoms with Gasteiger partial charge in [0.05, 0.1) is 20.8 Å². The van der Waals surface area contributed by atoms with Crippen LogP contribution in [0.25, 0.3) is 10.4 Å². The van der Waals surface area contributed by atoms with E-state index in [9.17, 15) is 0 Å². The van der Waals surface area contributed by atoms with Gasteiger partial charge in [0.15, 0.2) is 11.5 Å². The summed E-state index contributed by atoms with van der Waals surface area (Å²) in [6.45, 7) is 0.803. The van der Waals surface area contributed by atoms with Crippen molar-refractivity contribution in [2.24, 2.45) is 10.8 Å². The zero-order chi connectivity index (χ0) is 17.9. The highest BCUT2D eigenvalue weighted by Gasteiger charge is 2.02. The Morgan fingerprint density at radius 1 is 1.08 bits per heavy atom. The molecule has 0 amide bonds. The molecule has 0 atom stereocenters. The van der Waals surface area contributed by atoms with E-state index in [4.69, 9.17) is 20.7 Å².